The lowest BCUT2D eigenvalue weighted by molar-refractivity contribution is 0.115. The van der Waals surface area contributed by atoms with Gasteiger partial charge in [0.2, 0.25) is 0 Å². The van der Waals surface area contributed by atoms with Gasteiger partial charge in [0.1, 0.15) is 5.82 Å². The molecule has 1 nitrogen and oxygen atoms in total. The second kappa shape index (κ2) is 4.59. The minimum Gasteiger partial charge on any atom is -0.316 e. The molecule has 0 amide bonds. The fourth-order valence-corrected chi connectivity index (χ4v) is 3.76. The smallest absolute Gasteiger partial charge is 0.123 e. The fraction of sp³-hybridized carbons (Fsp3) is 0.647. The van der Waals surface area contributed by atoms with Crippen LogP contribution in [0.3, 0.4) is 0 Å². The van der Waals surface area contributed by atoms with Crippen LogP contribution in [0.15, 0.2) is 24.3 Å². The Hall–Kier alpha value is -0.890. The molecule has 1 spiro atoms. The molecule has 2 fully saturated rings. The van der Waals surface area contributed by atoms with Gasteiger partial charge in [-0.1, -0.05) is 26.0 Å². The van der Waals surface area contributed by atoms with Crippen molar-refractivity contribution in [3.63, 3.8) is 0 Å². The summed E-state index contributed by atoms with van der Waals surface area (Å²) in [6.45, 7) is 6.50. The SMILES string of the molecule is CC(C)CNCC1(c2cccc(F)c2)CC2(CC2)C1. The number of hydrogen-bond donors (Lipinski definition) is 1. The van der Waals surface area contributed by atoms with Crippen LogP contribution in [-0.4, -0.2) is 13.1 Å². The van der Waals surface area contributed by atoms with Crippen molar-refractivity contribution in [2.45, 2.75) is 44.9 Å². The van der Waals surface area contributed by atoms with Crippen LogP contribution in [0.4, 0.5) is 4.39 Å². The fourth-order valence-electron chi connectivity index (χ4n) is 3.76. The first kappa shape index (κ1) is 13.1. The van der Waals surface area contributed by atoms with Crippen LogP contribution in [0, 0.1) is 17.2 Å². The first-order chi connectivity index (χ1) is 9.04. The quantitative estimate of drug-likeness (QED) is 0.848. The van der Waals surface area contributed by atoms with Crippen LogP contribution in [-0.2, 0) is 5.41 Å². The molecule has 0 atom stereocenters. The Labute approximate surface area is 115 Å². The molecule has 104 valence electrons. The van der Waals surface area contributed by atoms with Crippen molar-refractivity contribution in [1.82, 2.24) is 5.32 Å². The largest absolute Gasteiger partial charge is 0.316 e. The molecular weight excluding hydrogens is 237 g/mol. The lowest BCUT2D eigenvalue weighted by atomic mass is 9.56. The van der Waals surface area contributed by atoms with E-state index in [9.17, 15) is 4.39 Å². The van der Waals surface area contributed by atoms with Crippen molar-refractivity contribution in [3.05, 3.63) is 35.6 Å². The van der Waals surface area contributed by atoms with E-state index in [1.165, 1.54) is 31.2 Å². The highest BCUT2D eigenvalue weighted by Gasteiger charge is 2.60. The van der Waals surface area contributed by atoms with Crippen molar-refractivity contribution in [1.29, 1.82) is 0 Å². The summed E-state index contributed by atoms with van der Waals surface area (Å²) in [7, 11) is 0. The maximum Gasteiger partial charge on any atom is 0.123 e. The van der Waals surface area contributed by atoms with E-state index in [1.807, 2.05) is 6.07 Å². The molecule has 0 heterocycles. The molecule has 0 aromatic heterocycles. The zero-order valence-electron chi connectivity index (χ0n) is 12.0. The summed E-state index contributed by atoms with van der Waals surface area (Å²) >= 11 is 0. The third-order valence-corrected chi connectivity index (χ3v) is 4.84. The van der Waals surface area contributed by atoms with E-state index >= 15 is 0 Å². The maximum absolute atomic E-state index is 13.5. The molecular formula is C17H24FN. The molecule has 0 bridgehead atoms. The van der Waals surface area contributed by atoms with Crippen LogP contribution in [0.5, 0.6) is 0 Å². The Kier molecular flexibility index (Phi) is 3.17. The van der Waals surface area contributed by atoms with Crippen molar-refractivity contribution in [2.24, 2.45) is 11.3 Å². The van der Waals surface area contributed by atoms with Crippen LogP contribution < -0.4 is 5.32 Å². The molecule has 2 heteroatoms. The summed E-state index contributed by atoms with van der Waals surface area (Å²) in [5.74, 6) is 0.567. The van der Waals surface area contributed by atoms with Gasteiger partial charge < -0.3 is 5.32 Å². The highest BCUT2D eigenvalue weighted by Crippen LogP contribution is 2.68. The molecule has 0 saturated heterocycles. The second-order valence-corrected chi connectivity index (χ2v) is 7.17. The molecule has 2 aliphatic carbocycles. The van der Waals surface area contributed by atoms with Gasteiger partial charge >= 0.3 is 0 Å². The van der Waals surface area contributed by atoms with Gasteiger partial charge in [-0.2, -0.15) is 0 Å². The van der Waals surface area contributed by atoms with E-state index < -0.39 is 0 Å². The third kappa shape index (κ3) is 2.55. The Bertz CT molecular complexity index is 454. The molecule has 19 heavy (non-hydrogen) atoms. The average Bonchev–Trinajstić information content (AvgIpc) is 3.07. The standard InChI is InChI=1S/C17H24FN/c1-13(2)9-19-12-17(10-16(11-17)6-7-16)14-4-3-5-15(18)8-14/h3-5,8,13,19H,6-7,9-12H2,1-2H3. The summed E-state index contributed by atoms with van der Waals surface area (Å²) in [6, 6.07) is 7.25. The Morgan fingerprint density at radius 3 is 2.58 bits per heavy atom. The topological polar surface area (TPSA) is 12.0 Å². The zero-order chi connectivity index (χ0) is 13.5. The summed E-state index contributed by atoms with van der Waals surface area (Å²) in [5, 5.41) is 3.59. The van der Waals surface area contributed by atoms with Crippen LogP contribution in [0.1, 0.15) is 45.1 Å². The van der Waals surface area contributed by atoms with Crippen LogP contribution in [0.25, 0.3) is 0 Å². The molecule has 2 saturated carbocycles. The van der Waals surface area contributed by atoms with Crippen molar-refractivity contribution in [2.75, 3.05) is 13.1 Å². The van der Waals surface area contributed by atoms with E-state index in [0.29, 0.717) is 11.3 Å². The van der Waals surface area contributed by atoms with Gasteiger partial charge in [0.05, 0.1) is 0 Å². The summed E-state index contributed by atoms with van der Waals surface area (Å²) in [5.41, 5.74) is 2.01. The Morgan fingerprint density at radius 2 is 2.00 bits per heavy atom. The van der Waals surface area contributed by atoms with E-state index in [4.69, 9.17) is 0 Å². The van der Waals surface area contributed by atoms with Gasteiger partial charge in [-0.25, -0.2) is 4.39 Å². The van der Waals surface area contributed by atoms with Gasteiger partial charge in [0.15, 0.2) is 0 Å². The number of halogens is 1. The van der Waals surface area contributed by atoms with Gasteiger partial charge in [-0.3, -0.25) is 0 Å². The van der Waals surface area contributed by atoms with Crippen LogP contribution >= 0.6 is 0 Å². The summed E-state index contributed by atoms with van der Waals surface area (Å²) < 4.78 is 13.5. The van der Waals surface area contributed by atoms with Crippen LogP contribution in [0.2, 0.25) is 0 Å². The number of hydrogen-bond acceptors (Lipinski definition) is 1. The van der Waals surface area contributed by atoms with Gasteiger partial charge in [0, 0.05) is 12.0 Å². The highest BCUT2D eigenvalue weighted by atomic mass is 19.1. The van der Waals surface area contributed by atoms with Gasteiger partial charge in [-0.15, -0.1) is 0 Å². The molecule has 1 aromatic rings. The predicted molar refractivity (Wildman–Crippen MR) is 76.7 cm³/mol. The molecule has 3 rings (SSSR count). The molecule has 1 aromatic carbocycles. The van der Waals surface area contributed by atoms with Crippen molar-refractivity contribution in [3.8, 4) is 0 Å². The molecule has 0 aliphatic heterocycles. The van der Waals surface area contributed by atoms with Crippen molar-refractivity contribution >= 4 is 0 Å². The molecule has 1 N–H and O–H groups in total. The van der Waals surface area contributed by atoms with E-state index in [2.05, 4.69) is 25.2 Å². The van der Waals surface area contributed by atoms with E-state index in [1.54, 1.807) is 12.1 Å². The number of rotatable bonds is 5. The molecule has 2 aliphatic rings. The molecule has 0 radical (unpaired) electrons. The number of benzene rings is 1. The average molecular weight is 261 g/mol. The first-order valence-corrected chi connectivity index (χ1v) is 7.51. The normalized spacial score (nSPS) is 22.5. The van der Waals surface area contributed by atoms with E-state index in [0.717, 1.165) is 13.1 Å². The Morgan fingerprint density at radius 1 is 1.26 bits per heavy atom. The van der Waals surface area contributed by atoms with Gasteiger partial charge in [-0.05, 0) is 61.3 Å². The minimum absolute atomic E-state index is 0.0996. The highest BCUT2D eigenvalue weighted by molar-refractivity contribution is 5.34. The lowest BCUT2D eigenvalue weighted by Gasteiger charge is -2.49. The lowest BCUT2D eigenvalue weighted by Crippen LogP contribution is -2.50. The molecule has 0 unspecified atom stereocenters. The Balaban J connectivity index is 1.74. The second-order valence-electron chi connectivity index (χ2n) is 7.17. The minimum atomic E-state index is -0.0996. The van der Waals surface area contributed by atoms with E-state index in [-0.39, 0.29) is 11.2 Å². The first-order valence-electron chi connectivity index (χ1n) is 7.51. The monoisotopic (exact) mass is 261 g/mol. The summed E-state index contributed by atoms with van der Waals surface area (Å²) in [6.07, 6.45) is 5.26. The zero-order valence-corrected chi connectivity index (χ0v) is 12.0. The number of nitrogens with one attached hydrogen (secondary N) is 1. The van der Waals surface area contributed by atoms with Gasteiger partial charge in [0.25, 0.3) is 0 Å². The predicted octanol–water partition coefficient (Wildman–Crippen LogP) is 3.88. The third-order valence-electron chi connectivity index (χ3n) is 4.84. The maximum atomic E-state index is 13.5. The van der Waals surface area contributed by atoms with Crippen molar-refractivity contribution < 1.29 is 4.39 Å². The summed E-state index contributed by atoms with van der Waals surface area (Å²) in [4.78, 5) is 0.